The van der Waals surface area contributed by atoms with Gasteiger partial charge in [0.25, 0.3) is 0 Å². The minimum atomic E-state index is -3.58. The number of hydrogen-bond acceptors (Lipinski definition) is 4. The van der Waals surface area contributed by atoms with E-state index in [0.29, 0.717) is 13.1 Å². The van der Waals surface area contributed by atoms with Crippen LogP contribution in [0.15, 0.2) is 23.1 Å². The predicted molar refractivity (Wildman–Crippen MR) is 104 cm³/mol. The zero-order chi connectivity index (χ0) is 20.4. The van der Waals surface area contributed by atoms with Crippen molar-refractivity contribution in [2.75, 3.05) is 26.2 Å². The minimum Gasteiger partial charge on any atom is -0.344 e. The number of aryl methyl sites for hydroxylation is 2. The Morgan fingerprint density at radius 1 is 1.04 bits per heavy atom. The highest BCUT2D eigenvalue weighted by Gasteiger charge is 2.33. The molecule has 1 aliphatic rings. The van der Waals surface area contributed by atoms with Crippen molar-refractivity contribution in [3.8, 4) is 0 Å². The molecule has 150 valence electrons. The Labute approximate surface area is 161 Å². The summed E-state index contributed by atoms with van der Waals surface area (Å²) in [5.41, 5.74) is 1.97. The average molecular weight is 396 g/mol. The van der Waals surface area contributed by atoms with E-state index < -0.39 is 16.1 Å². The fourth-order valence-corrected chi connectivity index (χ4v) is 4.61. The van der Waals surface area contributed by atoms with Crippen molar-refractivity contribution >= 4 is 21.8 Å². The molecule has 0 aliphatic carbocycles. The highest BCUT2D eigenvalue weighted by atomic mass is 32.2. The Bertz CT molecular complexity index is 812. The highest BCUT2D eigenvalue weighted by molar-refractivity contribution is 7.89. The van der Waals surface area contributed by atoms with Gasteiger partial charge in [-0.05, 0) is 43.0 Å². The molecule has 0 aromatic heterocycles. The Morgan fingerprint density at radius 3 is 2.11 bits per heavy atom. The zero-order valence-electron chi connectivity index (χ0n) is 16.7. The Morgan fingerprint density at radius 2 is 1.63 bits per heavy atom. The second-order valence-electron chi connectivity index (χ2n) is 7.40. The normalized spacial score (nSPS) is 17.0. The molecule has 0 unspecified atom stereocenters. The second-order valence-corrected chi connectivity index (χ2v) is 9.34. The number of amides is 2. The lowest BCUT2D eigenvalue weighted by molar-refractivity contribution is -0.138. The fraction of sp³-hybridized carbons (Fsp3) is 0.579. The zero-order valence-corrected chi connectivity index (χ0v) is 17.5. The van der Waals surface area contributed by atoms with Gasteiger partial charge in [-0.25, -0.2) is 8.42 Å². The molecular weight excluding hydrogens is 366 g/mol. The van der Waals surface area contributed by atoms with Crippen LogP contribution >= 0.6 is 0 Å². The first-order valence-corrected chi connectivity index (χ1v) is 10.6. The smallest absolute Gasteiger partial charge is 0.245 e. The van der Waals surface area contributed by atoms with E-state index in [1.54, 1.807) is 17.0 Å². The molecule has 27 heavy (non-hydrogen) atoms. The quantitative estimate of drug-likeness (QED) is 0.814. The number of sulfonamides is 1. The number of nitrogens with zero attached hydrogens (tertiary/aromatic N) is 2. The second kappa shape index (κ2) is 8.39. The summed E-state index contributed by atoms with van der Waals surface area (Å²) in [4.78, 5) is 26.0. The molecule has 1 saturated heterocycles. The summed E-state index contributed by atoms with van der Waals surface area (Å²) in [6.45, 7) is 10.1. The summed E-state index contributed by atoms with van der Waals surface area (Å²) < 4.78 is 27.2. The summed E-state index contributed by atoms with van der Waals surface area (Å²) in [7, 11) is -3.58. The molecule has 1 heterocycles. The largest absolute Gasteiger partial charge is 0.344 e. The molecule has 1 atom stereocenters. The van der Waals surface area contributed by atoms with E-state index in [4.69, 9.17) is 0 Å². The van der Waals surface area contributed by atoms with Crippen LogP contribution in [-0.2, 0) is 19.6 Å². The highest BCUT2D eigenvalue weighted by Crippen LogP contribution is 2.21. The van der Waals surface area contributed by atoms with Crippen molar-refractivity contribution in [1.82, 2.24) is 14.5 Å². The molecule has 0 spiro atoms. The Balaban J connectivity index is 2.08. The molecule has 2 rings (SSSR count). The van der Waals surface area contributed by atoms with Crippen LogP contribution in [0, 0.1) is 19.8 Å². The van der Waals surface area contributed by atoms with Crippen LogP contribution in [-0.4, -0.2) is 61.7 Å². The van der Waals surface area contributed by atoms with E-state index in [0.717, 1.165) is 11.1 Å². The molecule has 0 radical (unpaired) electrons. The summed E-state index contributed by atoms with van der Waals surface area (Å²) in [6, 6.07) is 4.53. The van der Waals surface area contributed by atoms with Crippen LogP contribution in [0.3, 0.4) is 0 Å². The summed E-state index contributed by atoms with van der Waals surface area (Å²) in [5, 5.41) is 2.69. The maximum absolute atomic E-state index is 12.9. The van der Waals surface area contributed by atoms with Crippen molar-refractivity contribution in [3.05, 3.63) is 29.3 Å². The summed E-state index contributed by atoms with van der Waals surface area (Å²) >= 11 is 0. The van der Waals surface area contributed by atoms with E-state index >= 15 is 0 Å². The molecule has 0 bridgehead atoms. The van der Waals surface area contributed by atoms with Crippen molar-refractivity contribution in [3.63, 3.8) is 0 Å². The lowest BCUT2D eigenvalue weighted by Crippen LogP contribution is -2.56. The van der Waals surface area contributed by atoms with Gasteiger partial charge in [0.1, 0.15) is 6.04 Å². The standard InChI is InChI=1S/C19H29N3O4S/c1-13(2)18(20-16(5)23)19(24)21-8-10-22(11-9-21)27(25,26)17-7-6-14(3)15(4)12-17/h6-7,12-13,18H,8-11H2,1-5H3,(H,20,23)/t18-/m1/s1. The first-order chi connectivity index (χ1) is 12.5. The van der Waals surface area contributed by atoms with Gasteiger partial charge in [-0.3, -0.25) is 9.59 Å². The molecule has 8 heteroatoms. The van der Waals surface area contributed by atoms with Crippen LogP contribution in [0.25, 0.3) is 0 Å². The van der Waals surface area contributed by atoms with Crippen molar-refractivity contribution in [2.45, 2.75) is 45.6 Å². The van der Waals surface area contributed by atoms with E-state index in [1.165, 1.54) is 11.2 Å². The number of carbonyl (C=O) groups excluding carboxylic acids is 2. The van der Waals surface area contributed by atoms with E-state index in [9.17, 15) is 18.0 Å². The molecule has 2 amide bonds. The average Bonchev–Trinajstić information content (AvgIpc) is 2.61. The molecule has 1 fully saturated rings. The third-order valence-electron chi connectivity index (χ3n) is 4.96. The van der Waals surface area contributed by atoms with E-state index in [-0.39, 0.29) is 35.7 Å². The van der Waals surface area contributed by atoms with Gasteiger partial charge >= 0.3 is 0 Å². The van der Waals surface area contributed by atoms with Gasteiger partial charge in [-0.1, -0.05) is 19.9 Å². The number of piperazine rings is 1. The monoisotopic (exact) mass is 395 g/mol. The SMILES string of the molecule is CC(=O)N[C@@H](C(=O)N1CCN(S(=O)(=O)c2ccc(C)c(C)c2)CC1)C(C)C. The third kappa shape index (κ3) is 4.87. The van der Waals surface area contributed by atoms with Gasteiger partial charge in [0, 0.05) is 33.1 Å². The van der Waals surface area contributed by atoms with Gasteiger partial charge < -0.3 is 10.2 Å². The molecule has 0 saturated carbocycles. The van der Waals surface area contributed by atoms with Crippen LogP contribution < -0.4 is 5.32 Å². The predicted octanol–water partition coefficient (Wildman–Crippen LogP) is 1.30. The molecule has 1 N–H and O–H groups in total. The third-order valence-corrected chi connectivity index (χ3v) is 6.85. The number of nitrogens with one attached hydrogen (secondary N) is 1. The number of benzene rings is 1. The molecule has 1 aromatic carbocycles. The molecule has 7 nitrogen and oxygen atoms in total. The molecule has 1 aromatic rings. The van der Waals surface area contributed by atoms with Gasteiger partial charge in [0.15, 0.2) is 0 Å². The first-order valence-electron chi connectivity index (χ1n) is 9.17. The van der Waals surface area contributed by atoms with Crippen LogP contribution in [0.2, 0.25) is 0 Å². The minimum absolute atomic E-state index is 0.0429. The van der Waals surface area contributed by atoms with Gasteiger partial charge in [-0.2, -0.15) is 4.31 Å². The van der Waals surface area contributed by atoms with Crippen molar-refractivity contribution < 1.29 is 18.0 Å². The van der Waals surface area contributed by atoms with Gasteiger partial charge in [0.05, 0.1) is 4.90 Å². The van der Waals surface area contributed by atoms with Gasteiger partial charge in [-0.15, -0.1) is 0 Å². The van der Waals surface area contributed by atoms with Crippen LogP contribution in [0.1, 0.15) is 31.9 Å². The van der Waals surface area contributed by atoms with Crippen molar-refractivity contribution in [1.29, 1.82) is 0 Å². The first kappa shape index (κ1) is 21.4. The lowest BCUT2D eigenvalue weighted by Gasteiger charge is -2.36. The summed E-state index contributed by atoms with van der Waals surface area (Å²) in [5.74, 6) is -0.458. The molecular formula is C19H29N3O4S. The number of carbonyl (C=O) groups is 2. The van der Waals surface area contributed by atoms with Gasteiger partial charge in [0.2, 0.25) is 21.8 Å². The van der Waals surface area contributed by atoms with Crippen LogP contribution in [0.4, 0.5) is 0 Å². The molecule has 1 aliphatic heterocycles. The Kier molecular flexibility index (Phi) is 6.64. The fourth-order valence-electron chi connectivity index (χ4n) is 3.10. The maximum atomic E-state index is 12.9. The van der Waals surface area contributed by atoms with Crippen molar-refractivity contribution in [2.24, 2.45) is 5.92 Å². The number of hydrogen-bond donors (Lipinski definition) is 1. The van der Waals surface area contributed by atoms with E-state index in [1.807, 2.05) is 33.8 Å². The van der Waals surface area contributed by atoms with Crippen LogP contribution in [0.5, 0.6) is 0 Å². The van der Waals surface area contributed by atoms with E-state index in [2.05, 4.69) is 5.32 Å². The number of rotatable bonds is 5. The maximum Gasteiger partial charge on any atom is 0.245 e. The summed E-state index contributed by atoms with van der Waals surface area (Å²) in [6.07, 6.45) is 0. The lowest BCUT2D eigenvalue weighted by atomic mass is 10.0. The topological polar surface area (TPSA) is 86.8 Å². The Hall–Kier alpha value is -1.93.